The number of alkyl carbamates (subject to hydrolysis) is 1. The number of hydrogen-bond donors (Lipinski definition) is 1. The third kappa shape index (κ3) is 4.61. The van der Waals surface area contributed by atoms with Gasteiger partial charge in [-0.3, -0.25) is 0 Å². The van der Waals surface area contributed by atoms with E-state index in [0.29, 0.717) is 6.54 Å². The molecule has 0 fully saturated rings. The molecule has 1 amide bonds. The van der Waals surface area contributed by atoms with Crippen LogP contribution in [0.3, 0.4) is 0 Å². The molecule has 100 valence electrons. The lowest BCUT2D eigenvalue weighted by Crippen LogP contribution is -2.32. The minimum Gasteiger partial charge on any atom is -0.444 e. The Labute approximate surface area is 107 Å². The third-order valence-corrected chi connectivity index (χ3v) is 2.14. The highest BCUT2D eigenvalue weighted by Crippen LogP contribution is 2.13. The van der Waals surface area contributed by atoms with Crippen molar-refractivity contribution >= 4 is 12.2 Å². The van der Waals surface area contributed by atoms with Gasteiger partial charge in [-0.1, -0.05) is 17.3 Å². The summed E-state index contributed by atoms with van der Waals surface area (Å²) in [5.41, 5.74) is 1.30. The minimum atomic E-state index is -0.477. The molecule has 0 saturated carbocycles. The lowest BCUT2D eigenvalue weighted by atomic mass is 10.2. The van der Waals surface area contributed by atoms with Crippen LogP contribution in [-0.2, 0) is 4.74 Å². The molecule has 1 aromatic rings. The molecule has 0 aliphatic heterocycles. The van der Waals surface area contributed by atoms with Crippen LogP contribution in [0.5, 0.6) is 0 Å². The number of carbonyl (C=O) groups is 1. The zero-order chi connectivity index (χ0) is 13.8. The fourth-order valence-electron chi connectivity index (χ4n) is 1.36. The molecule has 1 heterocycles. The molecule has 0 aromatic carbocycles. The van der Waals surface area contributed by atoms with Gasteiger partial charge in [-0.2, -0.15) is 0 Å². The second kappa shape index (κ2) is 5.71. The van der Waals surface area contributed by atoms with Crippen molar-refractivity contribution in [3.8, 4) is 0 Å². The van der Waals surface area contributed by atoms with Crippen molar-refractivity contribution in [2.45, 2.75) is 40.2 Å². The van der Waals surface area contributed by atoms with Gasteiger partial charge >= 0.3 is 6.09 Å². The molecule has 1 N–H and O–H groups in total. The molecule has 0 unspecified atom stereocenters. The lowest BCUT2D eigenvalue weighted by Gasteiger charge is -2.19. The summed E-state index contributed by atoms with van der Waals surface area (Å²) in [7, 11) is 0. The average Bonchev–Trinajstić information content (AvgIpc) is 2.52. The molecule has 5 nitrogen and oxygen atoms in total. The van der Waals surface area contributed by atoms with E-state index in [1.54, 1.807) is 0 Å². The van der Waals surface area contributed by atoms with E-state index >= 15 is 0 Å². The van der Waals surface area contributed by atoms with E-state index in [-0.39, 0.29) is 0 Å². The first-order valence-electron chi connectivity index (χ1n) is 5.86. The largest absolute Gasteiger partial charge is 0.444 e. The molecule has 5 heteroatoms. The Bertz CT molecular complexity index is 422. The van der Waals surface area contributed by atoms with Crippen molar-refractivity contribution in [1.82, 2.24) is 10.5 Å². The molecule has 0 spiro atoms. The smallest absolute Gasteiger partial charge is 0.407 e. The Kier molecular flexibility index (Phi) is 4.53. The van der Waals surface area contributed by atoms with Gasteiger partial charge in [0.15, 0.2) is 0 Å². The quantitative estimate of drug-likeness (QED) is 0.898. The number of carbonyl (C=O) groups excluding carboxylic acids is 1. The summed E-state index contributed by atoms with van der Waals surface area (Å²) < 4.78 is 10.1. The van der Waals surface area contributed by atoms with E-state index in [1.165, 1.54) is 0 Å². The van der Waals surface area contributed by atoms with Crippen molar-refractivity contribution in [2.24, 2.45) is 0 Å². The van der Waals surface area contributed by atoms with Gasteiger partial charge in [-0.05, 0) is 34.6 Å². The standard InChI is InChI=1S/C13H20N2O3/c1-9-11(10(2)18-15-9)7-6-8-14-12(16)17-13(3,4)5/h6-7H,8H2,1-5H3,(H,14,16). The van der Waals surface area contributed by atoms with Crippen LogP contribution in [0, 0.1) is 13.8 Å². The van der Waals surface area contributed by atoms with Crippen LogP contribution in [0.25, 0.3) is 6.08 Å². The zero-order valence-corrected chi connectivity index (χ0v) is 11.5. The summed E-state index contributed by atoms with van der Waals surface area (Å²) in [4.78, 5) is 11.4. The van der Waals surface area contributed by atoms with Crippen molar-refractivity contribution in [2.75, 3.05) is 6.54 Å². The van der Waals surface area contributed by atoms with Gasteiger partial charge in [-0.15, -0.1) is 0 Å². The van der Waals surface area contributed by atoms with Crippen molar-refractivity contribution in [1.29, 1.82) is 0 Å². The third-order valence-electron chi connectivity index (χ3n) is 2.14. The summed E-state index contributed by atoms with van der Waals surface area (Å²) in [6, 6.07) is 0. The van der Waals surface area contributed by atoms with E-state index in [1.807, 2.05) is 46.8 Å². The molecule has 1 aromatic heterocycles. The number of hydrogen-bond acceptors (Lipinski definition) is 4. The summed E-state index contributed by atoms with van der Waals surface area (Å²) in [6.45, 7) is 9.60. The van der Waals surface area contributed by atoms with Crippen LogP contribution in [0.4, 0.5) is 4.79 Å². The molecule has 0 aliphatic rings. The second-order valence-corrected chi connectivity index (χ2v) is 5.02. The van der Waals surface area contributed by atoms with Crippen molar-refractivity contribution in [3.63, 3.8) is 0 Å². The lowest BCUT2D eigenvalue weighted by molar-refractivity contribution is 0.0534. The highest BCUT2D eigenvalue weighted by Gasteiger charge is 2.15. The van der Waals surface area contributed by atoms with Gasteiger partial charge in [0, 0.05) is 12.1 Å². The van der Waals surface area contributed by atoms with Gasteiger partial charge in [0.1, 0.15) is 11.4 Å². The monoisotopic (exact) mass is 252 g/mol. The summed E-state index contributed by atoms with van der Waals surface area (Å²) in [5.74, 6) is 0.765. The molecule has 0 saturated heterocycles. The van der Waals surface area contributed by atoms with Crippen LogP contribution < -0.4 is 5.32 Å². The van der Waals surface area contributed by atoms with Crippen LogP contribution in [-0.4, -0.2) is 23.4 Å². The van der Waals surface area contributed by atoms with Crippen molar-refractivity contribution < 1.29 is 14.1 Å². The summed E-state index contributed by atoms with van der Waals surface area (Å²) in [5, 5.41) is 6.48. The first kappa shape index (κ1) is 14.3. The van der Waals surface area contributed by atoms with E-state index < -0.39 is 11.7 Å². The minimum absolute atomic E-state index is 0.402. The van der Waals surface area contributed by atoms with Gasteiger partial charge in [0.05, 0.1) is 5.69 Å². The summed E-state index contributed by atoms with van der Waals surface area (Å²) in [6.07, 6.45) is 3.28. The van der Waals surface area contributed by atoms with Crippen molar-refractivity contribution in [3.05, 3.63) is 23.1 Å². The molecule has 0 atom stereocenters. The topological polar surface area (TPSA) is 64.4 Å². The number of ether oxygens (including phenoxy) is 1. The Hall–Kier alpha value is -1.78. The molecule has 0 aliphatic carbocycles. The number of aromatic nitrogens is 1. The molecule has 0 radical (unpaired) electrons. The van der Waals surface area contributed by atoms with Crippen LogP contribution in [0.15, 0.2) is 10.6 Å². The molecular formula is C13H20N2O3. The van der Waals surface area contributed by atoms with Gasteiger partial charge in [0.25, 0.3) is 0 Å². The highest BCUT2D eigenvalue weighted by molar-refractivity contribution is 5.68. The maximum absolute atomic E-state index is 11.4. The van der Waals surface area contributed by atoms with E-state index in [4.69, 9.17) is 9.26 Å². The normalized spacial score (nSPS) is 11.8. The van der Waals surface area contributed by atoms with Crippen LogP contribution >= 0.6 is 0 Å². The van der Waals surface area contributed by atoms with E-state index in [9.17, 15) is 4.79 Å². The van der Waals surface area contributed by atoms with Gasteiger partial charge < -0.3 is 14.6 Å². The number of amides is 1. The molecule has 1 rings (SSSR count). The SMILES string of the molecule is Cc1noc(C)c1C=CCNC(=O)OC(C)(C)C. The first-order chi connectivity index (χ1) is 8.29. The summed E-state index contributed by atoms with van der Waals surface area (Å²) >= 11 is 0. The van der Waals surface area contributed by atoms with E-state index in [2.05, 4.69) is 10.5 Å². The maximum atomic E-state index is 11.4. The van der Waals surface area contributed by atoms with Gasteiger partial charge in [0.2, 0.25) is 0 Å². The predicted molar refractivity (Wildman–Crippen MR) is 69.2 cm³/mol. The first-order valence-corrected chi connectivity index (χ1v) is 5.86. The molecule has 0 bridgehead atoms. The zero-order valence-electron chi connectivity index (χ0n) is 11.5. The van der Waals surface area contributed by atoms with Crippen LogP contribution in [0.2, 0.25) is 0 Å². The number of nitrogens with zero attached hydrogens (tertiary/aromatic N) is 1. The number of aryl methyl sites for hydroxylation is 2. The highest BCUT2D eigenvalue weighted by atomic mass is 16.6. The number of rotatable bonds is 3. The van der Waals surface area contributed by atoms with Crippen LogP contribution in [0.1, 0.15) is 37.8 Å². The average molecular weight is 252 g/mol. The molecular weight excluding hydrogens is 232 g/mol. The molecule has 18 heavy (non-hydrogen) atoms. The van der Waals surface area contributed by atoms with Gasteiger partial charge in [-0.25, -0.2) is 4.79 Å². The predicted octanol–water partition coefficient (Wildman–Crippen LogP) is 2.83. The Morgan fingerprint density at radius 2 is 2.11 bits per heavy atom. The Balaban J connectivity index is 2.41. The maximum Gasteiger partial charge on any atom is 0.407 e. The number of nitrogens with one attached hydrogen (secondary N) is 1. The fraction of sp³-hybridized carbons (Fsp3) is 0.538. The Morgan fingerprint density at radius 3 is 2.61 bits per heavy atom. The second-order valence-electron chi connectivity index (χ2n) is 5.02. The Morgan fingerprint density at radius 1 is 1.44 bits per heavy atom. The fourth-order valence-corrected chi connectivity index (χ4v) is 1.36. The van der Waals surface area contributed by atoms with E-state index in [0.717, 1.165) is 17.0 Å².